The predicted octanol–water partition coefficient (Wildman–Crippen LogP) is 8.00. The molecule has 37 heavy (non-hydrogen) atoms. The Morgan fingerprint density at radius 1 is 0.973 bits per heavy atom. The summed E-state index contributed by atoms with van der Waals surface area (Å²) in [6.45, 7) is 3.61. The van der Waals surface area contributed by atoms with E-state index in [-0.39, 0.29) is 0 Å². The van der Waals surface area contributed by atoms with Crippen molar-refractivity contribution in [3.8, 4) is 22.5 Å². The summed E-state index contributed by atoms with van der Waals surface area (Å²) in [6.07, 6.45) is 1.82. The van der Waals surface area contributed by atoms with Gasteiger partial charge in [-0.25, -0.2) is 4.79 Å². The van der Waals surface area contributed by atoms with Crippen molar-refractivity contribution in [3.05, 3.63) is 101 Å². The van der Waals surface area contributed by atoms with Crippen LogP contribution >= 0.6 is 11.6 Å². The van der Waals surface area contributed by atoms with Gasteiger partial charge in [-0.1, -0.05) is 78.3 Å². The zero-order chi connectivity index (χ0) is 26.2. The Morgan fingerprint density at radius 2 is 1.57 bits per heavy atom. The van der Waals surface area contributed by atoms with Crippen LogP contribution in [0.5, 0.6) is 0 Å². The van der Waals surface area contributed by atoms with Gasteiger partial charge in [0.15, 0.2) is 5.76 Å². The normalized spacial score (nSPS) is 14.6. The summed E-state index contributed by atoms with van der Waals surface area (Å²) in [6, 6.07) is 22.7. The van der Waals surface area contributed by atoms with Crippen LogP contribution in [0.1, 0.15) is 42.6 Å². The van der Waals surface area contributed by atoms with Crippen LogP contribution in [0.15, 0.2) is 83.5 Å². The maximum absolute atomic E-state index is 12.7. The molecule has 0 radical (unpaired) electrons. The standard InChI is InChI=1S/C30H26ClNO5/c1-18-17-36-27(26(18)32-29(35)37-19(2)24-5-3-4-6-25(24)31)22-9-7-20(8-10-22)21-11-13-23(14-12-21)30(15-16-30)28(33)34/h3-14,17,19H,15-16H2,1-2H3,(H,32,35)(H,33,34). The third kappa shape index (κ3) is 4.85. The Morgan fingerprint density at radius 3 is 2.16 bits per heavy atom. The van der Waals surface area contributed by atoms with Gasteiger partial charge >= 0.3 is 12.1 Å². The Bertz CT molecular complexity index is 1450. The second-order valence-electron chi connectivity index (χ2n) is 9.36. The fourth-order valence-electron chi connectivity index (χ4n) is 4.52. The van der Waals surface area contributed by atoms with Crippen LogP contribution in [0.2, 0.25) is 5.02 Å². The van der Waals surface area contributed by atoms with Crippen LogP contribution in [-0.2, 0) is 14.9 Å². The number of carboxylic acids is 1. The molecular formula is C30H26ClNO5. The van der Waals surface area contributed by atoms with E-state index in [1.165, 1.54) is 0 Å². The number of hydrogen-bond donors (Lipinski definition) is 2. The fourth-order valence-corrected chi connectivity index (χ4v) is 4.81. The van der Waals surface area contributed by atoms with Gasteiger partial charge in [-0.3, -0.25) is 10.1 Å². The minimum absolute atomic E-state index is 0.527. The number of hydrogen-bond acceptors (Lipinski definition) is 4. The highest BCUT2D eigenvalue weighted by Gasteiger charge is 2.51. The first kappa shape index (κ1) is 24.7. The van der Waals surface area contributed by atoms with E-state index in [9.17, 15) is 14.7 Å². The quantitative estimate of drug-likeness (QED) is 0.260. The van der Waals surface area contributed by atoms with Crippen LogP contribution in [0, 0.1) is 6.92 Å². The summed E-state index contributed by atoms with van der Waals surface area (Å²) in [5, 5.41) is 12.9. The number of ether oxygens (including phenoxy) is 1. The fraction of sp³-hybridized carbons (Fsp3) is 0.200. The highest BCUT2D eigenvalue weighted by Crippen LogP contribution is 2.48. The summed E-state index contributed by atoms with van der Waals surface area (Å²) < 4.78 is 11.3. The number of carbonyl (C=O) groups excluding carboxylic acids is 1. The molecule has 1 atom stereocenters. The number of nitrogens with one attached hydrogen (secondary N) is 1. The molecule has 1 aliphatic rings. The molecule has 1 fully saturated rings. The van der Waals surface area contributed by atoms with Gasteiger partial charge in [0.2, 0.25) is 0 Å². The van der Waals surface area contributed by atoms with E-state index < -0.39 is 23.6 Å². The summed E-state index contributed by atoms with van der Waals surface area (Å²) >= 11 is 6.23. The van der Waals surface area contributed by atoms with Gasteiger partial charge in [-0.05, 0) is 49.4 Å². The molecule has 0 spiro atoms. The third-order valence-corrected chi connectivity index (χ3v) is 7.25. The molecule has 1 heterocycles. The number of benzene rings is 3. The largest absolute Gasteiger partial charge is 0.481 e. The number of halogens is 1. The molecule has 2 N–H and O–H groups in total. The molecule has 5 rings (SSSR count). The van der Waals surface area contributed by atoms with Gasteiger partial charge in [0.25, 0.3) is 0 Å². The monoisotopic (exact) mass is 515 g/mol. The number of rotatable bonds is 7. The lowest BCUT2D eigenvalue weighted by Crippen LogP contribution is -2.19. The molecule has 7 heteroatoms. The lowest BCUT2D eigenvalue weighted by molar-refractivity contribution is -0.140. The molecule has 1 amide bonds. The average Bonchev–Trinajstić information content (AvgIpc) is 3.64. The van der Waals surface area contributed by atoms with Gasteiger partial charge in [-0.2, -0.15) is 0 Å². The number of carboxylic acid groups (broad SMARTS) is 1. The predicted molar refractivity (Wildman–Crippen MR) is 143 cm³/mol. The van der Waals surface area contributed by atoms with E-state index in [1.807, 2.05) is 73.7 Å². The van der Waals surface area contributed by atoms with Gasteiger partial charge < -0.3 is 14.3 Å². The Balaban J connectivity index is 1.30. The van der Waals surface area contributed by atoms with Gasteiger partial charge in [-0.15, -0.1) is 0 Å². The van der Waals surface area contributed by atoms with Crippen molar-refractivity contribution in [1.82, 2.24) is 0 Å². The van der Waals surface area contributed by atoms with Crippen molar-refractivity contribution in [2.45, 2.75) is 38.2 Å². The van der Waals surface area contributed by atoms with E-state index in [4.69, 9.17) is 20.8 Å². The zero-order valence-corrected chi connectivity index (χ0v) is 21.2. The molecule has 1 unspecified atom stereocenters. The third-order valence-electron chi connectivity index (χ3n) is 6.91. The van der Waals surface area contributed by atoms with Crippen LogP contribution in [-0.4, -0.2) is 17.2 Å². The van der Waals surface area contributed by atoms with E-state index >= 15 is 0 Å². The molecule has 4 aromatic rings. The maximum atomic E-state index is 12.7. The highest BCUT2D eigenvalue weighted by molar-refractivity contribution is 6.31. The molecule has 188 valence electrons. The maximum Gasteiger partial charge on any atom is 0.412 e. The number of anilines is 1. The summed E-state index contributed by atoms with van der Waals surface area (Å²) in [7, 11) is 0. The summed E-state index contributed by atoms with van der Waals surface area (Å²) in [5.74, 6) is -0.233. The number of carbonyl (C=O) groups is 2. The summed E-state index contributed by atoms with van der Waals surface area (Å²) in [5.41, 5.74) is 4.94. The molecule has 3 aromatic carbocycles. The highest BCUT2D eigenvalue weighted by atomic mass is 35.5. The second kappa shape index (κ2) is 9.79. The lowest BCUT2D eigenvalue weighted by atomic mass is 9.93. The number of amides is 1. The Hall–Kier alpha value is -4.03. The molecule has 0 bridgehead atoms. The lowest BCUT2D eigenvalue weighted by Gasteiger charge is -2.16. The molecule has 1 aliphatic carbocycles. The SMILES string of the molecule is Cc1coc(-c2ccc(-c3ccc(C4(C(=O)O)CC4)cc3)cc2)c1NC(=O)OC(C)c1ccccc1Cl. The van der Waals surface area contributed by atoms with Crippen LogP contribution in [0.25, 0.3) is 22.5 Å². The van der Waals surface area contributed by atoms with Crippen LogP contribution < -0.4 is 5.32 Å². The molecule has 1 aromatic heterocycles. The first-order valence-corrected chi connectivity index (χ1v) is 12.4. The first-order valence-electron chi connectivity index (χ1n) is 12.0. The van der Waals surface area contributed by atoms with E-state index in [0.717, 1.165) is 33.4 Å². The smallest absolute Gasteiger partial charge is 0.412 e. The van der Waals surface area contributed by atoms with Gasteiger partial charge in [0, 0.05) is 21.7 Å². The van der Waals surface area contributed by atoms with Crippen LogP contribution in [0.3, 0.4) is 0 Å². The van der Waals surface area contributed by atoms with Gasteiger partial charge in [0.05, 0.1) is 17.4 Å². The molecule has 0 saturated heterocycles. The zero-order valence-electron chi connectivity index (χ0n) is 20.5. The minimum atomic E-state index is -0.759. The van der Waals surface area contributed by atoms with Crippen molar-refractivity contribution < 1.29 is 23.8 Å². The Kier molecular flexibility index (Phi) is 6.52. The summed E-state index contributed by atoms with van der Waals surface area (Å²) in [4.78, 5) is 24.3. The average molecular weight is 516 g/mol. The molecule has 0 aliphatic heterocycles. The van der Waals surface area contributed by atoms with Crippen molar-refractivity contribution >= 4 is 29.4 Å². The minimum Gasteiger partial charge on any atom is -0.481 e. The topological polar surface area (TPSA) is 88.8 Å². The number of furan rings is 1. The molecule has 6 nitrogen and oxygen atoms in total. The van der Waals surface area contributed by atoms with E-state index in [1.54, 1.807) is 19.3 Å². The van der Waals surface area contributed by atoms with Crippen molar-refractivity contribution in [3.63, 3.8) is 0 Å². The van der Waals surface area contributed by atoms with Crippen LogP contribution in [0.4, 0.5) is 10.5 Å². The number of aliphatic carboxylic acids is 1. The van der Waals surface area contributed by atoms with Crippen molar-refractivity contribution in [2.75, 3.05) is 5.32 Å². The van der Waals surface area contributed by atoms with E-state index in [2.05, 4.69) is 5.32 Å². The first-order chi connectivity index (χ1) is 17.8. The van der Waals surface area contributed by atoms with E-state index in [0.29, 0.717) is 29.3 Å². The molecule has 1 saturated carbocycles. The Labute approximate surface area is 219 Å². The van der Waals surface area contributed by atoms with Gasteiger partial charge in [0.1, 0.15) is 6.10 Å². The second-order valence-corrected chi connectivity index (χ2v) is 9.77. The van der Waals surface area contributed by atoms with Crippen molar-refractivity contribution in [1.29, 1.82) is 0 Å². The van der Waals surface area contributed by atoms with Crippen molar-refractivity contribution in [2.24, 2.45) is 0 Å². The molecular weight excluding hydrogens is 490 g/mol. The number of aryl methyl sites for hydroxylation is 1.